The van der Waals surface area contributed by atoms with Crippen LogP contribution in [0.25, 0.3) is 0 Å². The molecule has 1 aliphatic heterocycles. The lowest BCUT2D eigenvalue weighted by Gasteiger charge is -2.10. The fourth-order valence-electron chi connectivity index (χ4n) is 2.05. The highest BCUT2D eigenvalue weighted by molar-refractivity contribution is 7.99. The van der Waals surface area contributed by atoms with Crippen LogP contribution in [0.2, 0.25) is 0 Å². The Hall–Kier alpha value is -1.60. The average molecular weight is 310 g/mol. The fourth-order valence-corrected chi connectivity index (χ4v) is 2.90. The van der Waals surface area contributed by atoms with Gasteiger partial charge in [0, 0.05) is 42.4 Å². The Labute approximate surface area is 127 Å². The van der Waals surface area contributed by atoms with Gasteiger partial charge in [0.05, 0.1) is 11.0 Å². The van der Waals surface area contributed by atoms with Gasteiger partial charge in [-0.25, -0.2) is 0 Å². The first-order valence-corrected chi connectivity index (χ1v) is 7.89. The number of nitro groups is 1. The van der Waals surface area contributed by atoms with Crippen LogP contribution in [0, 0.1) is 10.1 Å². The van der Waals surface area contributed by atoms with Crippen LogP contribution in [0.3, 0.4) is 0 Å². The molecule has 0 radical (unpaired) electrons. The second-order valence-corrected chi connectivity index (χ2v) is 5.96. The molecule has 0 unspecified atom stereocenters. The number of amides is 1. The molecule has 0 bridgehead atoms. The van der Waals surface area contributed by atoms with Crippen molar-refractivity contribution in [2.45, 2.75) is 30.3 Å². The molecule has 0 spiro atoms. The summed E-state index contributed by atoms with van der Waals surface area (Å²) < 4.78 is 5.43. The third-order valence-electron chi connectivity index (χ3n) is 3.20. The molecule has 1 atom stereocenters. The quantitative estimate of drug-likeness (QED) is 0.475. The van der Waals surface area contributed by atoms with Crippen LogP contribution in [0.5, 0.6) is 0 Å². The number of rotatable bonds is 7. The number of hydrogen-bond donors (Lipinski definition) is 1. The van der Waals surface area contributed by atoms with E-state index in [0.717, 1.165) is 24.3 Å². The Bertz CT molecular complexity index is 486. The Morgan fingerprint density at radius 3 is 2.81 bits per heavy atom. The van der Waals surface area contributed by atoms with Gasteiger partial charge in [0.15, 0.2) is 0 Å². The maximum Gasteiger partial charge on any atom is 0.269 e. The molecule has 0 saturated carbocycles. The van der Waals surface area contributed by atoms with Crippen LogP contribution >= 0.6 is 11.8 Å². The molecule has 1 heterocycles. The maximum absolute atomic E-state index is 11.7. The van der Waals surface area contributed by atoms with Crippen molar-refractivity contribution in [2.24, 2.45) is 0 Å². The minimum absolute atomic E-state index is 0.0138. The van der Waals surface area contributed by atoms with Gasteiger partial charge in [-0.2, -0.15) is 0 Å². The molecule has 1 N–H and O–H groups in total. The van der Waals surface area contributed by atoms with Crippen molar-refractivity contribution in [1.82, 2.24) is 5.32 Å². The highest BCUT2D eigenvalue weighted by Crippen LogP contribution is 2.21. The van der Waals surface area contributed by atoms with Crippen molar-refractivity contribution >= 4 is 23.4 Å². The van der Waals surface area contributed by atoms with Gasteiger partial charge in [0.1, 0.15) is 0 Å². The first-order valence-electron chi connectivity index (χ1n) is 6.91. The molecule has 0 aliphatic carbocycles. The summed E-state index contributed by atoms with van der Waals surface area (Å²) in [6, 6.07) is 6.35. The monoisotopic (exact) mass is 310 g/mol. The zero-order valence-corrected chi connectivity index (χ0v) is 12.4. The predicted octanol–water partition coefficient (Wildman–Crippen LogP) is 2.37. The summed E-state index contributed by atoms with van der Waals surface area (Å²) in [5.74, 6) is 0.662. The van der Waals surface area contributed by atoms with E-state index in [9.17, 15) is 14.9 Å². The van der Waals surface area contributed by atoms with E-state index < -0.39 is 4.92 Å². The predicted molar refractivity (Wildman–Crippen MR) is 80.4 cm³/mol. The highest BCUT2D eigenvalue weighted by Gasteiger charge is 2.15. The van der Waals surface area contributed by atoms with Crippen LogP contribution in [0.15, 0.2) is 29.2 Å². The molecular formula is C14H18N2O4S. The number of ether oxygens (including phenoxy) is 1. The second-order valence-electron chi connectivity index (χ2n) is 4.79. The van der Waals surface area contributed by atoms with E-state index >= 15 is 0 Å². The molecule has 2 rings (SSSR count). The van der Waals surface area contributed by atoms with Crippen molar-refractivity contribution in [3.05, 3.63) is 34.4 Å². The third-order valence-corrected chi connectivity index (χ3v) is 4.21. The minimum Gasteiger partial charge on any atom is -0.376 e. The summed E-state index contributed by atoms with van der Waals surface area (Å²) in [6.45, 7) is 1.37. The van der Waals surface area contributed by atoms with Gasteiger partial charge in [0.25, 0.3) is 5.69 Å². The largest absolute Gasteiger partial charge is 0.376 e. The van der Waals surface area contributed by atoms with Gasteiger partial charge in [-0.05, 0) is 25.0 Å². The lowest BCUT2D eigenvalue weighted by molar-refractivity contribution is -0.384. The number of hydrogen-bond acceptors (Lipinski definition) is 5. The Kier molecular flexibility index (Phi) is 6.01. The average Bonchev–Trinajstić information content (AvgIpc) is 2.99. The van der Waals surface area contributed by atoms with E-state index in [1.807, 2.05) is 0 Å². The lowest BCUT2D eigenvalue weighted by atomic mass is 10.2. The maximum atomic E-state index is 11.7. The third kappa shape index (κ3) is 5.35. The van der Waals surface area contributed by atoms with Crippen LogP contribution in [-0.2, 0) is 9.53 Å². The Morgan fingerprint density at radius 1 is 1.43 bits per heavy atom. The number of nitro benzene ring substituents is 1. The van der Waals surface area contributed by atoms with Gasteiger partial charge >= 0.3 is 0 Å². The van der Waals surface area contributed by atoms with Crippen LogP contribution in [0.1, 0.15) is 19.3 Å². The first-order chi connectivity index (χ1) is 10.1. The van der Waals surface area contributed by atoms with E-state index in [2.05, 4.69) is 5.32 Å². The standard InChI is InChI=1S/C14H18N2O4S/c17-14(15-10-12-2-1-8-20-12)7-9-21-13-5-3-11(4-6-13)16(18)19/h3-6,12H,1-2,7-10H2,(H,15,17)/t12-/m0/s1. The first kappa shape index (κ1) is 15.8. The van der Waals surface area contributed by atoms with E-state index in [1.54, 1.807) is 12.1 Å². The summed E-state index contributed by atoms with van der Waals surface area (Å²) in [7, 11) is 0. The molecule has 6 nitrogen and oxygen atoms in total. The molecule has 1 fully saturated rings. The van der Waals surface area contributed by atoms with E-state index in [1.165, 1.54) is 23.9 Å². The zero-order chi connectivity index (χ0) is 15.1. The van der Waals surface area contributed by atoms with E-state index in [0.29, 0.717) is 18.7 Å². The molecule has 1 saturated heterocycles. The number of thioether (sulfide) groups is 1. The highest BCUT2D eigenvalue weighted by atomic mass is 32.2. The van der Waals surface area contributed by atoms with Crippen LogP contribution < -0.4 is 5.32 Å². The molecule has 21 heavy (non-hydrogen) atoms. The molecule has 1 aliphatic rings. The summed E-state index contributed by atoms with van der Waals surface area (Å²) >= 11 is 1.51. The molecule has 7 heteroatoms. The Balaban J connectivity index is 1.63. The van der Waals surface area contributed by atoms with Crippen molar-refractivity contribution in [2.75, 3.05) is 18.9 Å². The van der Waals surface area contributed by atoms with Crippen LogP contribution in [-0.4, -0.2) is 35.8 Å². The number of carbonyl (C=O) groups excluding carboxylic acids is 1. The Morgan fingerprint density at radius 2 is 2.19 bits per heavy atom. The van der Waals surface area contributed by atoms with Gasteiger partial charge in [0.2, 0.25) is 5.91 Å². The van der Waals surface area contributed by atoms with E-state index in [-0.39, 0.29) is 17.7 Å². The molecule has 1 aromatic carbocycles. The topological polar surface area (TPSA) is 81.5 Å². The van der Waals surface area contributed by atoms with Crippen molar-refractivity contribution in [1.29, 1.82) is 0 Å². The summed E-state index contributed by atoms with van der Waals surface area (Å²) in [5, 5.41) is 13.4. The van der Waals surface area contributed by atoms with Gasteiger partial charge in [-0.1, -0.05) is 0 Å². The fraction of sp³-hybridized carbons (Fsp3) is 0.500. The van der Waals surface area contributed by atoms with Gasteiger partial charge in [-0.15, -0.1) is 11.8 Å². The molecule has 1 amide bonds. The van der Waals surface area contributed by atoms with Crippen LogP contribution in [0.4, 0.5) is 5.69 Å². The van der Waals surface area contributed by atoms with Gasteiger partial charge < -0.3 is 10.1 Å². The van der Waals surface area contributed by atoms with Crippen molar-refractivity contribution in [3.8, 4) is 0 Å². The second kappa shape index (κ2) is 7.99. The zero-order valence-electron chi connectivity index (χ0n) is 11.6. The molecule has 114 valence electrons. The summed E-state index contributed by atoms with van der Waals surface area (Å²) in [6.07, 6.45) is 2.67. The summed E-state index contributed by atoms with van der Waals surface area (Å²) in [5.41, 5.74) is 0.0775. The SMILES string of the molecule is O=C(CCSc1ccc([N+](=O)[O-])cc1)NC[C@@H]1CCCO1. The molecule has 0 aromatic heterocycles. The van der Waals surface area contributed by atoms with E-state index in [4.69, 9.17) is 4.74 Å². The number of non-ortho nitro benzene ring substituents is 1. The summed E-state index contributed by atoms with van der Waals surface area (Å²) in [4.78, 5) is 22.7. The molecular weight excluding hydrogens is 292 g/mol. The lowest BCUT2D eigenvalue weighted by Crippen LogP contribution is -2.31. The minimum atomic E-state index is -0.424. The number of carbonyl (C=O) groups is 1. The number of benzene rings is 1. The molecule has 1 aromatic rings. The number of nitrogens with zero attached hydrogens (tertiary/aromatic N) is 1. The van der Waals surface area contributed by atoms with Gasteiger partial charge in [-0.3, -0.25) is 14.9 Å². The van der Waals surface area contributed by atoms with Crippen molar-refractivity contribution in [3.63, 3.8) is 0 Å². The normalized spacial score (nSPS) is 17.6. The number of nitrogens with one attached hydrogen (secondary N) is 1. The van der Waals surface area contributed by atoms with Crippen molar-refractivity contribution < 1.29 is 14.5 Å². The smallest absolute Gasteiger partial charge is 0.269 e.